The van der Waals surface area contributed by atoms with Gasteiger partial charge < -0.3 is 9.47 Å². The van der Waals surface area contributed by atoms with Crippen LogP contribution in [0.2, 0.25) is 0 Å². The number of hydrogen-bond donors (Lipinski definition) is 1. The summed E-state index contributed by atoms with van der Waals surface area (Å²) in [5.74, 6) is 1.38. The summed E-state index contributed by atoms with van der Waals surface area (Å²) in [5, 5.41) is 6.67. The van der Waals surface area contributed by atoms with Crippen molar-refractivity contribution < 1.29 is 9.47 Å². The molecule has 0 aromatic heterocycles. The number of benzene rings is 3. The molecule has 0 unspecified atom stereocenters. The van der Waals surface area contributed by atoms with Crippen molar-refractivity contribution in [3.8, 4) is 11.5 Å². The Kier molecular flexibility index (Phi) is 4.43. The average Bonchev–Trinajstić information content (AvgIpc) is 2.61. The van der Waals surface area contributed by atoms with Crippen LogP contribution in [-0.4, -0.2) is 20.4 Å². The van der Waals surface area contributed by atoms with Crippen LogP contribution in [0.5, 0.6) is 11.5 Å². The molecule has 3 aromatic carbocycles. The monoisotopic (exact) mass is 306 g/mol. The third kappa shape index (κ3) is 3.43. The Bertz CT molecular complexity index is 844. The van der Waals surface area contributed by atoms with E-state index in [-0.39, 0.29) is 0 Å². The highest BCUT2D eigenvalue weighted by Gasteiger charge is 2.02. The molecule has 0 aliphatic heterocycles. The maximum Gasteiger partial charge on any atom is 0.161 e. The first kappa shape index (κ1) is 14.9. The van der Waals surface area contributed by atoms with Crippen molar-refractivity contribution in [2.45, 2.75) is 0 Å². The largest absolute Gasteiger partial charge is 0.493 e. The van der Waals surface area contributed by atoms with E-state index in [1.165, 1.54) is 10.8 Å². The quantitative estimate of drug-likeness (QED) is 0.564. The molecule has 0 bridgehead atoms. The zero-order chi connectivity index (χ0) is 16.1. The van der Waals surface area contributed by atoms with E-state index in [2.05, 4.69) is 34.8 Å². The van der Waals surface area contributed by atoms with Gasteiger partial charge in [-0.1, -0.05) is 30.3 Å². The molecule has 0 amide bonds. The Hall–Kier alpha value is -3.01. The third-order valence-electron chi connectivity index (χ3n) is 3.56. The highest BCUT2D eigenvalue weighted by molar-refractivity contribution is 5.86. The van der Waals surface area contributed by atoms with Gasteiger partial charge in [-0.2, -0.15) is 5.10 Å². The zero-order valence-electron chi connectivity index (χ0n) is 13.1. The Morgan fingerprint density at radius 3 is 2.39 bits per heavy atom. The van der Waals surface area contributed by atoms with Crippen LogP contribution >= 0.6 is 0 Å². The van der Waals surface area contributed by atoms with Crippen molar-refractivity contribution in [2.75, 3.05) is 19.6 Å². The summed E-state index contributed by atoms with van der Waals surface area (Å²) in [7, 11) is 3.24. The van der Waals surface area contributed by atoms with Gasteiger partial charge in [-0.3, -0.25) is 5.43 Å². The summed E-state index contributed by atoms with van der Waals surface area (Å²) >= 11 is 0. The molecule has 0 aliphatic rings. The predicted octanol–water partition coefficient (Wildman–Crippen LogP) is 4.30. The van der Waals surface area contributed by atoms with Gasteiger partial charge in [0.15, 0.2) is 11.5 Å². The van der Waals surface area contributed by atoms with Gasteiger partial charge in [-0.15, -0.1) is 0 Å². The number of hydrogen-bond acceptors (Lipinski definition) is 4. The first-order valence-electron chi connectivity index (χ1n) is 7.30. The maximum absolute atomic E-state index is 5.28. The molecule has 0 aliphatic carbocycles. The van der Waals surface area contributed by atoms with Crippen molar-refractivity contribution >= 4 is 22.7 Å². The van der Waals surface area contributed by atoms with Crippen LogP contribution in [0.25, 0.3) is 10.8 Å². The van der Waals surface area contributed by atoms with Crippen molar-refractivity contribution in [3.63, 3.8) is 0 Å². The van der Waals surface area contributed by atoms with Gasteiger partial charge in [0, 0.05) is 0 Å². The van der Waals surface area contributed by atoms with Crippen LogP contribution in [0.3, 0.4) is 0 Å². The molecule has 3 aromatic rings. The first-order chi connectivity index (χ1) is 11.3. The van der Waals surface area contributed by atoms with Gasteiger partial charge in [0.05, 0.1) is 26.1 Å². The number of nitrogens with zero attached hydrogens (tertiary/aromatic N) is 1. The number of ether oxygens (including phenoxy) is 2. The molecular weight excluding hydrogens is 288 g/mol. The fourth-order valence-electron chi connectivity index (χ4n) is 2.37. The second kappa shape index (κ2) is 6.83. The van der Waals surface area contributed by atoms with E-state index in [1.54, 1.807) is 20.4 Å². The molecule has 0 radical (unpaired) electrons. The van der Waals surface area contributed by atoms with Gasteiger partial charge in [-0.25, -0.2) is 0 Å². The summed E-state index contributed by atoms with van der Waals surface area (Å²) < 4.78 is 10.5. The van der Waals surface area contributed by atoms with Crippen LogP contribution in [0.4, 0.5) is 5.69 Å². The fraction of sp³-hybridized carbons (Fsp3) is 0.105. The van der Waals surface area contributed by atoms with Gasteiger partial charge in [0.2, 0.25) is 0 Å². The number of rotatable bonds is 5. The Labute approximate surface area is 135 Å². The fourth-order valence-corrected chi connectivity index (χ4v) is 2.37. The molecule has 0 fully saturated rings. The van der Waals surface area contributed by atoms with Crippen molar-refractivity contribution in [2.24, 2.45) is 5.10 Å². The standard InChI is InChI=1S/C19H18N2O2/c1-22-18-10-7-14(11-19(18)23-2)13-20-21-17-9-8-15-5-3-4-6-16(15)12-17/h3-13,21H,1-2H3. The number of hydrazone groups is 1. The minimum atomic E-state index is 0.683. The zero-order valence-corrected chi connectivity index (χ0v) is 13.1. The third-order valence-corrected chi connectivity index (χ3v) is 3.56. The summed E-state index contributed by atoms with van der Waals surface area (Å²) in [6.45, 7) is 0. The first-order valence-corrected chi connectivity index (χ1v) is 7.30. The van der Waals surface area contributed by atoms with Gasteiger partial charge in [0.1, 0.15) is 0 Å². The molecular formula is C19H18N2O2. The molecule has 0 atom stereocenters. The molecule has 23 heavy (non-hydrogen) atoms. The highest BCUT2D eigenvalue weighted by atomic mass is 16.5. The molecule has 0 heterocycles. The Balaban J connectivity index is 1.74. The number of nitrogens with one attached hydrogen (secondary N) is 1. The lowest BCUT2D eigenvalue weighted by Crippen LogP contribution is -1.94. The predicted molar refractivity (Wildman–Crippen MR) is 94.7 cm³/mol. The van der Waals surface area contributed by atoms with Gasteiger partial charge in [0.25, 0.3) is 0 Å². The summed E-state index contributed by atoms with van der Waals surface area (Å²) in [5.41, 5.74) is 4.92. The second-order valence-corrected chi connectivity index (χ2v) is 5.05. The van der Waals surface area contributed by atoms with E-state index in [1.807, 2.05) is 36.4 Å². The smallest absolute Gasteiger partial charge is 0.161 e. The average molecular weight is 306 g/mol. The van der Waals surface area contributed by atoms with Crippen molar-refractivity contribution in [1.29, 1.82) is 0 Å². The van der Waals surface area contributed by atoms with E-state index in [9.17, 15) is 0 Å². The topological polar surface area (TPSA) is 42.8 Å². The van der Waals surface area contributed by atoms with E-state index in [0.29, 0.717) is 11.5 Å². The molecule has 1 N–H and O–H groups in total. The van der Waals surface area contributed by atoms with Crippen LogP contribution in [0, 0.1) is 0 Å². The van der Waals surface area contributed by atoms with Crippen LogP contribution in [-0.2, 0) is 0 Å². The molecule has 4 heteroatoms. The highest BCUT2D eigenvalue weighted by Crippen LogP contribution is 2.27. The molecule has 4 nitrogen and oxygen atoms in total. The number of anilines is 1. The normalized spacial score (nSPS) is 10.9. The Morgan fingerprint density at radius 1 is 0.826 bits per heavy atom. The summed E-state index contributed by atoms with van der Waals surface area (Å²) in [4.78, 5) is 0. The summed E-state index contributed by atoms with van der Waals surface area (Å²) in [6, 6.07) is 20.0. The van der Waals surface area contributed by atoms with Crippen LogP contribution in [0.15, 0.2) is 65.8 Å². The Morgan fingerprint density at radius 2 is 1.61 bits per heavy atom. The lowest BCUT2D eigenvalue weighted by atomic mass is 10.1. The molecule has 116 valence electrons. The number of fused-ring (bicyclic) bond motifs is 1. The molecule has 0 saturated heterocycles. The molecule has 0 spiro atoms. The summed E-state index contributed by atoms with van der Waals surface area (Å²) in [6.07, 6.45) is 1.75. The van der Waals surface area contributed by atoms with Gasteiger partial charge >= 0.3 is 0 Å². The number of methoxy groups -OCH3 is 2. The van der Waals surface area contributed by atoms with Crippen molar-refractivity contribution in [1.82, 2.24) is 0 Å². The van der Waals surface area contributed by atoms with Gasteiger partial charge in [-0.05, 0) is 46.7 Å². The SMILES string of the molecule is COc1ccc(C=NNc2ccc3ccccc3c2)cc1OC. The maximum atomic E-state index is 5.28. The lowest BCUT2D eigenvalue weighted by Gasteiger charge is -2.07. The minimum absolute atomic E-state index is 0.683. The molecule has 3 rings (SSSR count). The van der Waals surface area contributed by atoms with Crippen molar-refractivity contribution in [3.05, 3.63) is 66.2 Å². The second-order valence-electron chi connectivity index (χ2n) is 5.05. The van der Waals surface area contributed by atoms with Crippen LogP contribution in [0.1, 0.15) is 5.56 Å². The van der Waals surface area contributed by atoms with E-state index < -0.39 is 0 Å². The van der Waals surface area contributed by atoms with E-state index >= 15 is 0 Å². The van der Waals surface area contributed by atoms with E-state index in [0.717, 1.165) is 11.3 Å². The minimum Gasteiger partial charge on any atom is -0.493 e. The lowest BCUT2D eigenvalue weighted by molar-refractivity contribution is 0.355. The molecule has 0 saturated carbocycles. The van der Waals surface area contributed by atoms with Crippen LogP contribution < -0.4 is 14.9 Å². The van der Waals surface area contributed by atoms with E-state index in [4.69, 9.17) is 9.47 Å².